The van der Waals surface area contributed by atoms with Crippen molar-refractivity contribution >= 4 is 18.4 Å². The van der Waals surface area contributed by atoms with Gasteiger partial charge in [0, 0.05) is 0 Å². The number of nitrogens with one attached hydrogen (secondary N) is 1. The van der Waals surface area contributed by atoms with Crippen LogP contribution in [0.15, 0.2) is 12.1 Å². The van der Waals surface area contributed by atoms with Crippen molar-refractivity contribution in [2.75, 3.05) is 19.7 Å². The number of hydrogen-bond acceptors (Lipinski definition) is 3. The Morgan fingerprint density at radius 2 is 1.86 bits per heavy atom. The molecule has 0 amide bonds. The van der Waals surface area contributed by atoms with Crippen molar-refractivity contribution in [2.45, 2.75) is 39.5 Å². The Kier molecular flexibility index (Phi) is 7.69. The minimum atomic E-state index is -0.873. The molecule has 0 saturated carbocycles. The van der Waals surface area contributed by atoms with Gasteiger partial charge in [-0.15, -0.1) is 12.4 Å². The molecular weight excluding hydrogens is 302 g/mol. The largest absolute Gasteiger partial charge is 0.494 e. The third kappa shape index (κ3) is 5.18. The molecule has 124 valence electrons. The van der Waals surface area contributed by atoms with Crippen LogP contribution in [-0.4, -0.2) is 30.8 Å². The molecule has 0 spiro atoms. The van der Waals surface area contributed by atoms with Crippen molar-refractivity contribution < 1.29 is 14.6 Å². The van der Waals surface area contributed by atoms with E-state index in [1.54, 1.807) is 0 Å². The lowest BCUT2D eigenvalue weighted by molar-refractivity contribution is 0.0695. The van der Waals surface area contributed by atoms with E-state index in [9.17, 15) is 4.79 Å². The topological polar surface area (TPSA) is 58.6 Å². The number of aromatic carboxylic acids is 1. The average molecular weight is 328 g/mol. The van der Waals surface area contributed by atoms with E-state index in [1.165, 1.54) is 19.3 Å². The highest BCUT2D eigenvalue weighted by molar-refractivity contribution is 5.91. The zero-order valence-corrected chi connectivity index (χ0v) is 14.2. The lowest BCUT2D eigenvalue weighted by Crippen LogP contribution is -2.27. The van der Waals surface area contributed by atoms with E-state index < -0.39 is 5.97 Å². The molecule has 4 nitrogen and oxygen atoms in total. The summed E-state index contributed by atoms with van der Waals surface area (Å²) in [5.41, 5.74) is 1.91. The molecule has 2 rings (SSSR count). The summed E-state index contributed by atoms with van der Waals surface area (Å²) in [7, 11) is 0. The number of carboxylic acids is 1. The van der Waals surface area contributed by atoms with Crippen LogP contribution in [0.4, 0.5) is 0 Å². The van der Waals surface area contributed by atoms with Crippen molar-refractivity contribution in [1.29, 1.82) is 0 Å². The number of piperidine rings is 1. The molecular formula is C17H26ClNO3. The molecule has 2 N–H and O–H groups in total. The lowest BCUT2D eigenvalue weighted by Gasteiger charge is -2.22. The van der Waals surface area contributed by atoms with Crippen LogP contribution in [0.1, 0.15) is 47.2 Å². The summed E-state index contributed by atoms with van der Waals surface area (Å²) < 4.78 is 5.78. The van der Waals surface area contributed by atoms with Crippen LogP contribution in [0.5, 0.6) is 5.75 Å². The van der Waals surface area contributed by atoms with Crippen molar-refractivity contribution in [3.8, 4) is 5.75 Å². The number of hydrogen-bond donors (Lipinski definition) is 2. The number of rotatable bonds is 6. The minimum Gasteiger partial charge on any atom is -0.494 e. The van der Waals surface area contributed by atoms with Crippen LogP contribution in [-0.2, 0) is 0 Å². The van der Waals surface area contributed by atoms with E-state index in [2.05, 4.69) is 5.32 Å². The second-order valence-corrected chi connectivity index (χ2v) is 5.92. The van der Waals surface area contributed by atoms with E-state index in [-0.39, 0.29) is 12.4 Å². The predicted molar refractivity (Wildman–Crippen MR) is 90.4 cm³/mol. The maximum atomic E-state index is 11.1. The number of benzene rings is 1. The summed E-state index contributed by atoms with van der Waals surface area (Å²) in [4.78, 5) is 11.1. The fourth-order valence-corrected chi connectivity index (χ4v) is 3.08. The Morgan fingerprint density at radius 3 is 2.41 bits per heavy atom. The molecule has 0 atom stereocenters. The number of ether oxygens (including phenoxy) is 1. The Labute approximate surface area is 138 Å². The molecule has 22 heavy (non-hydrogen) atoms. The quantitative estimate of drug-likeness (QED) is 0.784. The van der Waals surface area contributed by atoms with Crippen molar-refractivity contribution in [3.63, 3.8) is 0 Å². The Bertz CT molecular complexity index is 476. The maximum Gasteiger partial charge on any atom is 0.336 e. The predicted octanol–water partition coefficient (Wildman–Crippen LogP) is 3.58. The summed E-state index contributed by atoms with van der Waals surface area (Å²) in [5.74, 6) is 0.732. The van der Waals surface area contributed by atoms with Gasteiger partial charge in [-0.25, -0.2) is 4.79 Å². The summed E-state index contributed by atoms with van der Waals surface area (Å²) in [6, 6.07) is 3.64. The maximum absolute atomic E-state index is 11.1. The summed E-state index contributed by atoms with van der Waals surface area (Å²) in [6.45, 7) is 6.62. The van der Waals surface area contributed by atoms with Crippen LogP contribution in [0.25, 0.3) is 0 Å². The fraction of sp³-hybridized carbons (Fsp3) is 0.588. The summed E-state index contributed by atoms with van der Waals surface area (Å²) in [6.07, 6.45) is 4.81. The summed E-state index contributed by atoms with van der Waals surface area (Å²) >= 11 is 0. The molecule has 1 saturated heterocycles. The van der Waals surface area contributed by atoms with Gasteiger partial charge in [0.05, 0.1) is 12.2 Å². The molecule has 1 fully saturated rings. The van der Waals surface area contributed by atoms with Gasteiger partial charge >= 0.3 is 5.97 Å². The first kappa shape index (κ1) is 18.8. The number of halogens is 1. The third-order valence-corrected chi connectivity index (χ3v) is 4.20. The van der Waals surface area contributed by atoms with Crippen LogP contribution >= 0.6 is 12.4 Å². The van der Waals surface area contributed by atoms with Gasteiger partial charge in [-0.1, -0.05) is 0 Å². The molecule has 1 aromatic carbocycles. The van der Waals surface area contributed by atoms with Crippen LogP contribution < -0.4 is 10.1 Å². The van der Waals surface area contributed by atoms with Crippen LogP contribution in [0.2, 0.25) is 0 Å². The average Bonchev–Trinajstić information content (AvgIpc) is 2.43. The van der Waals surface area contributed by atoms with E-state index in [0.29, 0.717) is 12.2 Å². The van der Waals surface area contributed by atoms with Crippen molar-refractivity contribution in [1.82, 2.24) is 5.32 Å². The van der Waals surface area contributed by atoms with Crippen LogP contribution in [0.3, 0.4) is 0 Å². The standard InChI is InChI=1S/C17H25NO3.ClH/c1-12-10-15(11-13(2)16(12)17(19)20)21-9-3-4-14-5-7-18-8-6-14;/h10-11,14,18H,3-9H2,1-2H3,(H,19,20);1H. The van der Waals surface area contributed by atoms with E-state index in [4.69, 9.17) is 9.84 Å². The van der Waals surface area contributed by atoms with E-state index in [1.807, 2.05) is 26.0 Å². The van der Waals surface area contributed by atoms with Crippen molar-refractivity contribution in [3.05, 3.63) is 28.8 Å². The van der Waals surface area contributed by atoms with E-state index in [0.717, 1.165) is 42.3 Å². The molecule has 0 unspecified atom stereocenters. The first-order valence-electron chi connectivity index (χ1n) is 7.76. The monoisotopic (exact) mass is 327 g/mol. The Balaban J connectivity index is 0.00000242. The smallest absolute Gasteiger partial charge is 0.336 e. The van der Waals surface area contributed by atoms with Gasteiger partial charge in [-0.3, -0.25) is 0 Å². The second-order valence-electron chi connectivity index (χ2n) is 5.92. The Morgan fingerprint density at radius 1 is 1.27 bits per heavy atom. The second kappa shape index (κ2) is 9.01. The van der Waals surface area contributed by atoms with E-state index >= 15 is 0 Å². The highest BCUT2D eigenvalue weighted by Gasteiger charge is 2.14. The number of aryl methyl sites for hydroxylation is 2. The van der Waals surface area contributed by atoms with Gasteiger partial charge < -0.3 is 15.2 Å². The molecule has 0 bridgehead atoms. The molecule has 0 aliphatic carbocycles. The SMILES string of the molecule is Cc1cc(OCCCC2CCNCC2)cc(C)c1C(=O)O.Cl. The summed E-state index contributed by atoms with van der Waals surface area (Å²) in [5, 5.41) is 12.5. The van der Waals surface area contributed by atoms with Crippen LogP contribution in [0, 0.1) is 19.8 Å². The highest BCUT2D eigenvalue weighted by Crippen LogP contribution is 2.23. The molecule has 0 aromatic heterocycles. The van der Waals surface area contributed by atoms with Gasteiger partial charge in [0.15, 0.2) is 0 Å². The normalized spacial score (nSPS) is 15.2. The number of carbonyl (C=O) groups is 1. The number of carboxylic acid groups (broad SMARTS) is 1. The highest BCUT2D eigenvalue weighted by atomic mass is 35.5. The van der Waals surface area contributed by atoms with Crippen molar-refractivity contribution in [2.24, 2.45) is 5.92 Å². The first-order valence-corrected chi connectivity index (χ1v) is 7.76. The zero-order chi connectivity index (χ0) is 15.2. The first-order chi connectivity index (χ1) is 10.1. The van der Waals surface area contributed by atoms with Gasteiger partial charge in [0.1, 0.15) is 5.75 Å². The van der Waals surface area contributed by atoms with Gasteiger partial charge in [0.25, 0.3) is 0 Å². The lowest BCUT2D eigenvalue weighted by atomic mass is 9.93. The molecule has 0 radical (unpaired) electrons. The molecule has 1 aliphatic rings. The fourth-order valence-electron chi connectivity index (χ4n) is 3.08. The minimum absolute atomic E-state index is 0. The molecule has 1 aromatic rings. The molecule has 1 heterocycles. The van der Waals surface area contributed by atoms with Gasteiger partial charge in [-0.2, -0.15) is 0 Å². The van der Waals surface area contributed by atoms with Gasteiger partial charge in [-0.05, 0) is 81.8 Å². The zero-order valence-electron chi connectivity index (χ0n) is 13.4. The Hall–Kier alpha value is -1.26. The van der Waals surface area contributed by atoms with Gasteiger partial charge in [0.2, 0.25) is 0 Å². The third-order valence-electron chi connectivity index (χ3n) is 4.20. The molecule has 1 aliphatic heterocycles. The molecule has 5 heteroatoms.